The SMILES string of the molecule is COc1ccc(C2C(C#N)=C(C)NC(C)=C2OC(=O)OC(C)C)cc1OC. The third-order valence-corrected chi connectivity index (χ3v) is 4.09. The van der Waals surface area contributed by atoms with Crippen LogP contribution >= 0.6 is 0 Å². The molecule has 1 unspecified atom stereocenters. The number of benzene rings is 1. The summed E-state index contributed by atoms with van der Waals surface area (Å²) in [5.41, 5.74) is 2.50. The number of hydrogen-bond acceptors (Lipinski definition) is 7. The zero-order valence-corrected chi connectivity index (χ0v) is 16.4. The minimum absolute atomic E-state index is 0.315. The average molecular weight is 372 g/mol. The smallest absolute Gasteiger partial charge is 0.493 e. The summed E-state index contributed by atoms with van der Waals surface area (Å²) in [6.07, 6.45) is -1.13. The van der Waals surface area contributed by atoms with Gasteiger partial charge in [-0.15, -0.1) is 0 Å². The maximum absolute atomic E-state index is 12.1. The molecule has 0 saturated carbocycles. The fourth-order valence-corrected chi connectivity index (χ4v) is 2.91. The zero-order valence-electron chi connectivity index (χ0n) is 16.4. The fourth-order valence-electron chi connectivity index (χ4n) is 2.91. The van der Waals surface area contributed by atoms with E-state index >= 15 is 0 Å². The molecular formula is C20H24N2O5. The van der Waals surface area contributed by atoms with Gasteiger partial charge in [0.05, 0.1) is 43.6 Å². The molecule has 1 aromatic carbocycles. The summed E-state index contributed by atoms with van der Waals surface area (Å²) in [7, 11) is 3.09. The summed E-state index contributed by atoms with van der Waals surface area (Å²) in [5.74, 6) is 0.827. The Kier molecular flexibility index (Phi) is 6.35. The highest BCUT2D eigenvalue weighted by atomic mass is 16.7. The number of ether oxygens (including phenoxy) is 4. The van der Waals surface area contributed by atoms with Gasteiger partial charge in [0, 0.05) is 5.70 Å². The molecule has 0 aliphatic carbocycles. The molecule has 2 rings (SSSR count). The number of methoxy groups -OCH3 is 2. The third-order valence-electron chi connectivity index (χ3n) is 4.09. The van der Waals surface area contributed by atoms with E-state index in [0.717, 1.165) is 5.56 Å². The van der Waals surface area contributed by atoms with Crippen molar-refractivity contribution >= 4 is 6.16 Å². The quantitative estimate of drug-likeness (QED) is 0.782. The Morgan fingerprint density at radius 2 is 1.81 bits per heavy atom. The van der Waals surface area contributed by atoms with E-state index in [4.69, 9.17) is 18.9 Å². The summed E-state index contributed by atoms with van der Waals surface area (Å²) >= 11 is 0. The summed E-state index contributed by atoms with van der Waals surface area (Å²) in [6.45, 7) is 7.05. The van der Waals surface area contributed by atoms with Crippen molar-refractivity contribution in [3.63, 3.8) is 0 Å². The number of carbonyl (C=O) groups excluding carboxylic acids is 1. The van der Waals surface area contributed by atoms with Gasteiger partial charge in [-0.3, -0.25) is 0 Å². The second kappa shape index (κ2) is 8.49. The highest BCUT2D eigenvalue weighted by Crippen LogP contribution is 2.41. The van der Waals surface area contributed by atoms with Gasteiger partial charge in [-0.1, -0.05) is 6.07 Å². The largest absolute Gasteiger partial charge is 0.513 e. The van der Waals surface area contributed by atoms with E-state index in [0.29, 0.717) is 34.2 Å². The molecule has 0 radical (unpaired) electrons. The molecular weight excluding hydrogens is 348 g/mol. The molecule has 0 fully saturated rings. The van der Waals surface area contributed by atoms with E-state index in [1.165, 1.54) is 7.11 Å². The van der Waals surface area contributed by atoms with Crippen LogP contribution in [-0.2, 0) is 9.47 Å². The van der Waals surface area contributed by atoms with Gasteiger partial charge in [0.2, 0.25) is 0 Å². The number of rotatable bonds is 5. The Labute approximate surface area is 159 Å². The van der Waals surface area contributed by atoms with Crippen LogP contribution < -0.4 is 14.8 Å². The molecule has 1 aliphatic rings. The lowest BCUT2D eigenvalue weighted by molar-refractivity contribution is 0.0500. The average Bonchev–Trinajstić information content (AvgIpc) is 2.62. The Balaban J connectivity index is 2.53. The highest BCUT2D eigenvalue weighted by molar-refractivity contribution is 5.64. The first-order chi connectivity index (χ1) is 12.8. The van der Waals surface area contributed by atoms with Crippen molar-refractivity contribution < 1.29 is 23.7 Å². The van der Waals surface area contributed by atoms with E-state index in [2.05, 4.69) is 11.4 Å². The van der Waals surface area contributed by atoms with Crippen LogP contribution in [0.15, 0.2) is 40.9 Å². The van der Waals surface area contributed by atoms with Crippen LogP contribution in [-0.4, -0.2) is 26.5 Å². The molecule has 7 nitrogen and oxygen atoms in total. The Bertz CT molecular complexity index is 833. The first-order valence-corrected chi connectivity index (χ1v) is 8.51. The summed E-state index contributed by atoms with van der Waals surface area (Å²) < 4.78 is 21.2. The number of dihydropyridines is 1. The number of allylic oxidation sites excluding steroid dienone is 3. The summed E-state index contributed by atoms with van der Waals surface area (Å²) in [4.78, 5) is 12.1. The lowest BCUT2D eigenvalue weighted by Crippen LogP contribution is -2.27. The fraction of sp³-hybridized carbons (Fsp3) is 0.400. The van der Waals surface area contributed by atoms with Gasteiger partial charge in [-0.2, -0.15) is 5.26 Å². The predicted octanol–water partition coefficient (Wildman–Crippen LogP) is 3.98. The van der Waals surface area contributed by atoms with E-state index in [1.54, 1.807) is 46.9 Å². The minimum Gasteiger partial charge on any atom is -0.493 e. The van der Waals surface area contributed by atoms with Gasteiger partial charge in [-0.25, -0.2) is 4.79 Å². The van der Waals surface area contributed by atoms with Gasteiger partial charge in [0.15, 0.2) is 11.5 Å². The van der Waals surface area contributed by atoms with Crippen LogP contribution in [0.1, 0.15) is 39.2 Å². The van der Waals surface area contributed by atoms with Crippen molar-refractivity contribution in [1.29, 1.82) is 5.26 Å². The van der Waals surface area contributed by atoms with Gasteiger partial charge in [0.25, 0.3) is 0 Å². The van der Waals surface area contributed by atoms with Crippen LogP contribution in [0.2, 0.25) is 0 Å². The molecule has 0 spiro atoms. The number of hydrogen-bond donors (Lipinski definition) is 1. The molecule has 0 aromatic heterocycles. The standard InChI is InChI=1S/C20H24N2O5/c1-11(2)26-20(23)27-19-13(4)22-12(3)15(10-21)18(19)14-7-8-16(24-5)17(9-14)25-6/h7-9,11,18,22H,1-6H3. The molecule has 0 bridgehead atoms. The molecule has 1 N–H and O–H groups in total. The van der Waals surface area contributed by atoms with Gasteiger partial charge in [-0.05, 0) is 45.4 Å². The highest BCUT2D eigenvalue weighted by Gasteiger charge is 2.33. The lowest BCUT2D eigenvalue weighted by atomic mass is 9.85. The monoisotopic (exact) mass is 372 g/mol. The first kappa shape index (κ1) is 20.2. The van der Waals surface area contributed by atoms with Crippen molar-refractivity contribution in [3.05, 3.63) is 46.5 Å². The van der Waals surface area contributed by atoms with Crippen molar-refractivity contribution in [3.8, 4) is 17.6 Å². The Hall–Kier alpha value is -3.14. The van der Waals surface area contributed by atoms with Gasteiger partial charge in [0.1, 0.15) is 5.76 Å². The zero-order chi connectivity index (χ0) is 20.1. The van der Waals surface area contributed by atoms with Crippen LogP contribution in [0.25, 0.3) is 0 Å². The molecule has 1 atom stereocenters. The number of nitrogens with one attached hydrogen (secondary N) is 1. The summed E-state index contributed by atoms with van der Waals surface area (Å²) in [5, 5.41) is 12.8. The molecule has 7 heteroatoms. The van der Waals surface area contributed by atoms with Crippen LogP contribution in [0.4, 0.5) is 4.79 Å². The lowest BCUT2D eigenvalue weighted by Gasteiger charge is -2.29. The van der Waals surface area contributed by atoms with Crippen LogP contribution in [0.3, 0.4) is 0 Å². The van der Waals surface area contributed by atoms with E-state index in [-0.39, 0.29) is 6.10 Å². The Morgan fingerprint density at radius 3 is 2.37 bits per heavy atom. The van der Waals surface area contributed by atoms with Crippen molar-refractivity contribution in [2.24, 2.45) is 0 Å². The van der Waals surface area contributed by atoms with Gasteiger partial charge < -0.3 is 24.3 Å². The molecule has 0 amide bonds. The Morgan fingerprint density at radius 1 is 1.15 bits per heavy atom. The van der Waals surface area contributed by atoms with E-state index < -0.39 is 12.1 Å². The second-order valence-electron chi connectivity index (χ2n) is 6.33. The minimum atomic E-state index is -0.816. The van der Waals surface area contributed by atoms with Crippen molar-refractivity contribution in [1.82, 2.24) is 5.32 Å². The normalized spacial score (nSPS) is 16.6. The maximum Gasteiger partial charge on any atom is 0.513 e. The van der Waals surface area contributed by atoms with Crippen molar-refractivity contribution in [2.75, 3.05) is 14.2 Å². The number of carbonyl (C=O) groups is 1. The van der Waals surface area contributed by atoms with Crippen LogP contribution in [0, 0.1) is 11.3 Å². The molecule has 1 heterocycles. The molecule has 27 heavy (non-hydrogen) atoms. The maximum atomic E-state index is 12.1. The molecule has 1 aliphatic heterocycles. The van der Waals surface area contributed by atoms with Gasteiger partial charge >= 0.3 is 6.16 Å². The number of nitriles is 1. The second-order valence-corrected chi connectivity index (χ2v) is 6.33. The van der Waals surface area contributed by atoms with E-state index in [1.807, 2.05) is 6.07 Å². The van der Waals surface area contributed by atoms with E-state index in [9.17, 15) is 10.1 Å². The van der Waals surface area contributed by atoms with Crippen molar-refractivity contribution in [2.45, 2.75) is 39.7 Å². The topological polar surface area (TPSA) is 89.8 Å². The molecule has 144 valence electrons. The third kappa shape index (κ3) is 4.34. The van der Waals surface area contributed by atoms with Crippen LogP contribution in [0.5, 0.6) is 11.5 Å². The molecule has 0 saturated heterocycles. The first-order valence-electron chi connectivity index (χ1n) is 8.51. The predicted molar refractivity (Wildman–Crippen MR) is 99.1 cm³/mol. The number of nitrogens with zero attached hydrogens (tertiary/aromatic N) is 1. The molecule has 1 aromatic rings. The summed E-state index contributed by atoms with van der Waals surface area (Å²) in [6, 6.07) is 7.54.